The molecule has 3 rings (SSSR count). The summed E-state index contributed by atoms with van der Waals surface area (Å²) in [5.41, 5.74) is 0.640. The lowest BCUT2D eigenvalue weighted by Crippen LogP contribution is -2.34. The van der Waals surface area contributed by atoms with Gasteiger partial charge in [-0.2, -0.15) is 4.31 Å². The zero-order valence-corrected chi connectivity index (χ0v) is 18.0. The molecule has 6 nitrogen and oxygen atoms in total. The quantitative estimate of drug-likeness (QED) is 0.567. The summed E-state index contributed by atoms with van der Waals surface area (Å²) in [6.45, 7) is 0. The molecule has 162 valence electrons. The van der Waals surface area contributed by atoms with Gasteiger partial charge in [0.1, 0.15) is 11.6 Å². The molecule has 0 aliphatic carbocycles. The van der Waals surface area contributed by atoms with Gasteiger partial charge in [-0.3, -0.25) is 4.79 Å². The minimum atomic E-state index is -3.88. The third kappa shape index (κ3) is 5.28. The number of para-hydroxylation sites is 1. The van der Waals surface area contributed by atoms with Gasteiger partial charge in [-0.1, -0.05) is 42.5 Å². The third-order valence-corrected chi connectivity index (χ3v) is 6.77. The summed E-state index contributed by atoms with van der Waals surface area (Å²) in [6, 6.07) is 19.8. The predicted molar refractivity (Wildman–Crippen MR) is 117 cm³/mol. The van der Waals surface area contributed by atoms with Crippen LogP contribution in [-0.4, -0.2) is 32.8 Å². The maximum Gasteiger partial charge on any atom is 0.243 e. The van der Waals surface area contributed by atoms with Crippen molar-refractivity contribution < 1.29 is 22.3 Å². The number of hydrogen-bond donors (Lipinski definition) is 1. The Kier molecular flexibility index (Phi) is 7.04. The van der Waals surface area contributed by atoms with Crippen molar-refractivity contribution in [3.8, 4) is 5.75 Å². The van der Waals surface area contributed by atoms with Gasteiger partial charge in [0.05, 0.1) is 23.7 Å². The number of anilines is 1. The van der Waals surface area contributed by atoms with Crippen LogP contribution in [0.5, 0.6) is 5.75 Å². The van der Waals surface area contributed by atoms with Crippen molar-refractivity contribution >= 4 is 21.6 Å². The first-order chi connectivity index (χ1) is 14.8. The Morgan fingerprint density at radius 1 is 1.00 bits per heavy atom. The maximum atomic E-state index is 13.9. The van der Waals surface area contributed by atoms with E-state index in [1.165, 1.54) is 44.5 Å². The van der Waals surface area contributed by atoms with E-state index in [4.69, 9.17) is 4.74 Å². The first-order valence-electron chi connectivity index (χ1n) is 9.54. The highest BCUT2D eigenvalue weighted by molar-refractivity contribution is 7.89. The fourth-order valence-electron chi connectivity index (χ4n) is 3.15. The molecule has 0 heterocycles. The van der Waals surface area contributed by atoms with Crippen molar-refractivity contribution in [2.45, 2.75) is 17.4 Å². The molecule has 1 amide bonds. The number of nitrogens with zero attached hydrogens (tertiary/aromatic N) is 1. The lowest BCUT2D eigenvalue weighted by atomic mass is 10.0. The van der Waals surface area contributed by atoms with Crippen LogP contribution < -0.4 is 10.1 Å². The average molecular weight is 443 g/mol. The van der Waals surface area contributed by atoms with Crippen molar-refractivity contribution in [1.29, 1.82) is 0 Å². The van der Waals surface area contributed by atoms with Crippen LogP contribution >= 0.6 is 0 Å². The van der Waals surface area contributed by atoms with Gasteiger partial charge in [0.15, 0.2) is 0 Å². The molecular formula is C23H23FN2O4S. The maximum absolute atomic E-state index is 13.9. The molecule has 0 aromatic heterocycles. The summed E-state index contributed by atoms with van der Waals surface area (Å²) in [4.78, 5) is 12.8. The standard InChI is InChI=1S/C23H23FN2O4S/c1-26(31(28,29)19-8-4-3-5-9-19)22(17-12-14-18(30-2)15-13-17)16-23(27)25-21-11-7-6-10-20(21)24/h3-15,22H,16H2,1-2H3,(H,25,27)/t22-/m0/s1. The smallest absolute Gasteiger partial charge is 0.243 e. The molecule has 31 heavy (non-hydrogen) atoms. The Balaban J connectivity index is 1.92. The molecule has 0 fully saturated rings. The molecule has 3 aromatic carbocycles. The number of amides is 1. The van der Waals surface area contributed by atoms with Crippen LogP contribution in [-0.2, 0) is 14.8 Å². The molecule has 3 aromatic rings. The second kappa shape index (κ2) is 9.72. The number of carbonyl (C=O) groups is 1. The van der Waals surface area contributed by atoms with Gasteiger partial charge >= 0.3 is 0 Å². The highest BCUT2D eigenvalue weighted by Gasteiger charge is 2.31. The molecule has 0 aliphatic rings. The van der Waals surface area contributed by atoms with E-state index in [9.17, 15) is 17.6 Å². The highest BCUT2D eigenvalue weighted by Crippen LogP contribution is 2.30. The Bertz CT molecular complexity index is 1140. The zero-order chi connectivity index (χ0) is 22.4. The normalized spacial score (nSPS) is 12.4. The Labute approximate surface area is 181 Å². The topological polar surface area (TPSA) is 75.7 Å². The van der Waals surface area contributed by atoms with Gasteiger partial charge in [0.2, 0.25) is 15.9 Å². The van der Waals surface area contributed by atoms with Crippen LogP contribution in [0.25, 0.3) is 0 Å². The number of rotatable bonds is 8. The van der Waals surface area contributed by atoms with E-state index in [2.05, 4.69) is 5.32 Å². The monoisotopic (exact) mass is 442 g/mol. The number of methoxy groups -OCH3 is 1. The van der Waals surface area contributed by atoms with Crippen molar-refractivity contribution in [2.24, 2.45) is 0 Å². The molecule has 0 saturated carbocycles. The largest absolute Gasteiger partial charge is 0.497 e. The molecule has 0 bridgehead atoms. The third-order valence-electron chi connectivity index (χ3n) is 4.89. The summed E-state index contributed by atoms with van der Waals surface area (Å²) in [6.07, 6.45) is -0.205. The van der Waals surface area contributed by atoms with E-state index in [1.807, 2.05) is 0 Å². The minimum absolute atomic E-state index is 0.0366. The number of benzene rings is 3. The van der Waals surface area contributed by atoms with E-state index >= 15 is 0 Å². The lowest BCUT2D eigenvalue weighted by molar-refractivity contribution is -0.117. The lowest BCUT2D eigenvalue weighted by Gasteiger charge is -2.28. The van der Waals surface area contributed by atoms with E-state index in [1.54, 1.807) is 48.5 Å². The van der Waals surface area contributed by atoms with Crippen LogP contribution in [0.1, 0.15) is 18.0 Å². The first kappa shape index (κ1) is 22.5. The Morgan fingerprint density at radius 2 is 1.61 bits per heavy atom. The molecule has 0 aliphatic heterocycles. The second-order valence-electron chi connectivity index (χ2n) is 6.86. The molecule has 0 radical (unpaired) electrons. The van der Waals surface area contributed by atoms with Gasteiger partial charge < -0.3 is 10.1 Å². The van der Waals surface area contributed by atoms with Gasteiger partial charge in [0.25, 0.3) is 0 Å². The highest BCUT2D eigenvalue weighted by atomic mass is 32.2. The van der Waals surface area contributed by atoms with Crippen molar-refractivity contribution in [3.05, 3.63) is 90.2 Å². The second-order valence-corrected chi connectivity index (χ2v) is 8.85. The molecule has 0 spiro atoms. The van der Waals surface area contributed by atoms with Crippen LogP contribution in [0.2, 0.25) is 0 Å². The van der Waals surface area contributed by atoms with Gasteiger partial charge in [-0.25, -0.2) is 12.8 Å². The first-order valence-corrected chi connectivity index (χ1v) is 11.0. The van der Waals surface area contributed by atoms with Crippen LogP contribution in [0.3, 0.4) is 0 Å². The number of carbonyl (C=O) groups excluding carboxylic acids is 1. The number of nitrogens with one attached hydrogen (secondary N) is 1. The zero-order valence-electron chi connectivity index (χ0n) is 17.2. The Hall–Kier alpha value is -3.23. The van der Waals surface area contributed by atoms with Gasteiger partial charge in [-0.15, -0.1) is 0 Å². The van der Waals surface area contributed by atoms with Gasteiger partial charge in [-0.05, 0) is 42.0 Å². The molecule has 0 unspecified atom stereocenters. The summed E-state index contributed by atoms with van der Waals surface area (Å²) < 4.78 is 46.6. The summed E-state index contributed by atoms with van der Waals surface area (Å²) in [5.74, 6) is -0.477. The SMILES string of the molecule is COc1ccc([C@H](CC(=O)Nc2ccccc2F)N(C)S(=O)(=O)c2ccccc2)cc1. The predicted octanol–water partition coefficient (Wildman–Crippen LogP) is 4.22. The van der Waals surface area contributed by atoms with E-state index in [0.717, 1.165) is 4.31 Å². The van der Waals surface area contributed by atoms with Crippen molar-refractivity contribution in [1.82, 2.24) is 4.31 Å². The van der Waals surface area contributed by atoms with E-state index < -0.39 is 27.8 Å². The fraction of sp³-hybridized carbons (Fsp3) is 0.174. The van der Waals surface area contributed by atoms with E-state index in [-0.39, 0.29) is 17.0 Å². The van der Waals surface area contributed by atoms with Crippen molar-refractivity contribution in [2.75, 3.05) is 19.5 Å². The average Bonchev–Trinajstić information content (AvgIpc) is 2.79. The number of halogens is 1. The Morgan fingerprint density at radius 3 is 2.23 bits per heavy atom. The summed E-state index contributed by atoms with van der Waals surface area (Å²) >= 11 is 0. The molecular weight excluding hydrogens is 419 g/mol. The molecule has 1 atom stereocenters. The van der Waals surface area contributed by atoms with Gasteiger partial charge in [0, 0.05) is 13.5 Å². The summed E-state index contributed by atoms with van der Waals surface area (Å²) in [5, 5.41) is 2.52. The minimum Gasteiger partial charge on any atom is -0.497 e. The molecule has 8 heteroatoms. The fourth-order valence-corrected chi connectivity index (χ4v) is 4.51. The van der Waals surface area contributed by atoms with Crippen LogP contribution in [0.4, 0.5) is 10.1 Å². The number of sulfonamides is 1. The molecule has 1 N–H and O–H groups in total. The summed E-state index contributed by atoms with van der Waals surface area (Å²) in [7, 11) is -0.928. The van der Waals surface area contributed by atoms with Crippen LogP contribution in [0.15, 0.2) is 83.8 Å². The van der Waals surface area contributed by atoms with Crippen molar-refractivity contribution in [3.63, 3.8) is 0 Å². The molecule has 0 saturated heterocycles. The number of hydrogen-bond acceptors (Lipinski definition) is 4. The number of ether oxygens (including phenoxy) is 1. The van der Waals surface area contributed by atoms with E-state index in [0.29, 0.717) is 11.3 Å². The van der Waals surface area contributed by atoms with Crippen LogP contribution in [0, 0.1) is 5.82 Å².